The van der Waals surface area contributed by atoms with E-state index in [4.69, 9.17) is 0 Å². The van der Waals surface area contributed by atoms with Gasteiger partial charge in [-0.25, -0.2) is 0 Å². The highest BCUT2D eigenvalue weighted by Gasteiger charge is 2.32. The zero-order chi connectivity index (χ0) is 16.7. The summed E-state index contributed by atoms with van der Waals surface area (Å²) in [5, 5.41) is 0. The fourth-order valence-electron chi connectivity index (χ4n) is 3.29. The van der Waals surface area contributed by atoms with Gasteiger partial charge in [0.15, 0.2) is 0 Å². The quantitative estimate of drug-likeness (QED) is 0.861. The smallest absolute Gasteiger partial charge is 0.128 e. The highest BCUT2D eigenvalue weighted by Crippen LogP contribution is 2.45. The lowest BCUT2D eigenvalue weighted by atomic mass is 10.1. The van der Waals surface area contributed by atoms with E-state index in [1.807, 2.05) is 0 Å². The Morgan fingerprint density at radius 3 is 1.78 bits per heavy atom. The van der Waals surface area contributed by atoms with Gasteiger partial charge in [-0.15, -0.1) is 0 Å². The summed E-state index contributed by atoms with van der Waals surface area (Å²) in [5.74, 6) is 0. The third-order valence-electron chi connectivity index (χ3n) is 4.68. The summed E-state index contributed by atoms with van der Waals surface area (Å²) < 4.78 is 0. The molecule has 0 radical (unpaired) electrons. The number of hydrogen-bond acceptors (Lipinski definition) is 4. The van der Waals surface area contributed by atoms with E-state index in [-0.39, 0.29) is 6.17 Å². The van der Waals surface area contributed by atoms with Crippen LogP contribution in [-0.4, -0.2) is 42.3 Å². The Bertz CT molecular complexity index is 691. The molecular formula is C19H26N4. The average Bonchev–Trinajstić information content (AvgIpc) is 2.78. The van der Waals surface area contributed by atoms with E-state index in [9.17, 15) is 0 Å². The summed E-state index contributed by atoms with van der Waals surface area (Å²) in [6, 6.07) is 15.5. The lowest BCUT2D eigenvalue weighted by Gasteiger charge is -2.28. The van der Waals surface area contributed by atoms with Crippen LogP contribution < -0.4 is 19.6 Å². The zero-order valence-corrected chi connectivity index (χ0v) is 14.9. The first-order valence-corrected chi connectivity index (χ1v) is 7.94. The predicted molar refractivity (Wildman–Crippen MR) is 101 cm³/mol. The first kappa shape index (κ1) is 15.5. The molecule has 0 amide bonds. The normalized spacial score (nSPS) is 16.5. The van der Waals surface area contributed by atoms with Crippen LogP contribution in [0.15, 0.2) is 42.5 Å². The predicted octanol–water partition coefficient (Wildman–Crippen LogP) is 3.40. The van der Waals surface area contributed by atoms with Crippen molar-refractivity contribution in [3.8, 4) is 0 Å². The fourth-order valence-corrected chi connectivity index (χ4v) is 3.29. The Hall–Kier alpha value is -2.36. The van der Waals surface area contributed by atoms with Crippen LogP contribution in [-0.2, 0) is 0 Å². The molecule has 0 fully saturated rings. The SMILES string of the molecule is CN(C)c1ccc(C2N(C)c3ccc(N(C)C)cc3N2C)cc1. The van der Waals surface area contributed by atoms with Crippen molar-refractivity contribution in [3.63, 3.8) is 0 Å². The van der Waals surface area contributed by atoms with E-state index in [0.29, 0.717) is 0 Å². The second kappa shape index (κ2) is 5.69. The second-order valence-corrected chi connectivity index (χ2v) is 6.65. The lowest BCUT2D eigenvalue weighted by Crippen LogP contribution is -2.30. The van der Waals surface area contributed by atoms with Gasteiger partial charge in [0.1, 0.15) is 6.17 Å². The summed E-state index contributed by atoms with van der Waals surface area (Å²) in [6.07, 6.45) is 0.235. The van der Waals surface area contributed by atoms with Crippen LogP contribution in [0.4, 0.5) is 22.7 Å². The molecule has 1 aliphatic heterocycles. The van der Waals surface area contributed by atoms with E-state index >= 15 is 0 Å². The van der Waals surface area contributed by atoms with Gasteiger partial charge in [0, 0.05) is 53.7 Å². The van der Waals surface area contributed by atoms with Gasteiger partial charge in [-0.2, -0.15) is 0 Å². The number of hydrogen-bond donors (Lipinski definition) is 0. The van der Waals surface area contributed by atoms with Gasteiger partial charge >= 0.3 is 0 Å². The minimum absolute atomic E-state index is 0.235. The number of benzene rings is 2. The molecule has 0 saturated heterocycles. The maximum Gasteiger partial charge on any atom is 0.128 e. The highest BCUT2D eigenvalue weighted by atomic mass is 15.4. The van der Waals surface area contributed by atoms with Crippen LogP contribution in [0.1, 0.15) is 11.7 Å². The molecule has 0 saturated carbocycles. The number of anilines is 4. The molecule has 1 heterocycles. The van der Waals surface area contributed by atoms with Crippen molar-refractivity contribution in [1.82, 2.24) is 0 Å². The number of fused-ring (bicyclic) bond motifs is 1. The molecule has 0 N–H and O–H groups in total. The van der Waals surface area contributed by atoms with Crippen LogP contribution >= 0.6 is 0 Å². The first-order valence-electron chi connectivity index (χ1n) is 7.94. The second-order valence-electron chi connectivity index (χ2n) is 6.65. The Morgan fingerprint density at radius 2 is 1.22 bits per heavy atom. The molecule has 0 bridgehead atoms. The number of rotatable bonds is 3. The van der Waals surface area contributed by atoms with E-state index < -0.39 is 0 Å². The van der Waals surface area contributed by atoms with Crippen molar-refractivity contribution in [3.05, 3.63) is 48.0 Å². The Balaban J connectivity index is 1.96. The molecule has 122 valence electrons. The summed E-state index contributed by atoms with van der Waals surface area (Å²) in [7, 11) is 12.6. The molecule has 2 aromatic rings. The van der Waals surface area contributed by atoms with E-state index in [1.165, 1.54) is 28.3 Å². The first-order chi connectivity index (χ1) is 10.9. The number of nitrogens with zero attached hydrogens (tertiary/aromatic N) is 4. The summed E-state index contributed by atoms with van der Waals surface area (Å²) in [6.45, 7) is 0. The van der Waals surface area contributed by atoms with E-state index in [1.54, 1.807) is 0 Å². The van der Waals surface area contributed by atoms with Gasteiger partial charge in [-0.05, 0) is 35.9 Å². The van der Waals surface area contributed by atoms with E-state index in [2.05, 4.69) is 104 Å². The van der Waals surface area contributed by atoms with Gasteiger partial charge in [-0.1, -0.05) is 12.1 Å². The topological polar surface area (TPSA) is 13.0 Å². The largest absolute Gasteiger partial charge is 0.378 e. The molecular weight excluding hydrogens is 284 g/mol. The Labute approximate surface area is 139 Å². The zero-order valence-electron chi connectivity index (χ0n) is 14.9. The standard InChI is InChI=1S/C19H26N4/c1-20(2)15-9-7-14(8-10-15)19-22(5)17-12-11-16(21(3)4)13-18(17)23(19)6/h7-13,19H,1-6H3. The summed E-state index contributed by atoms with van der Waals surface area (Å²) in [5.41, 5.74) is 6.32. The van der Waals surface area contributed by atoms with Crippen LogP contribution in [0, 0.1) is 0 Å². The average molecular weight is 310 g/mol. The van der Waals surface area contributed by atoms with Crippen molar-refractivity contribution in [2.45, 2.75) is 6.17 Å². The monoisotopic (exact) mass is 310 g/mol. The molecule has 4 nitrogen and oxygen atoms in total. The van der Waals surface area contributed by atoms with E-state index in [0.717, 1.165) is 0 Å². The molecule has 3 rings (SSSR count). The molecule has 0 aromatic heterocycles. The van der Waals surface area contributed by atoms with Gasteiger partial charge in [-0.3, -0.25) is 0 Å². The third-order valence-corrected chi connectivity index (χ3v) is 4.68. The maximum atomic E-state index is 2.35. The molecule has 1 unspecified atom stereocenters. The molecule has 1 aliphatic rings. The van der Waals surface area contributed by atoms with Crippen LogP contribution in [0.25, 0.3) is 0 Å². The molecule has 2 aromatic carbocycles. The summed E-state index contributed by atoms with van der Waals surface area (Å²) in [4.78, 5) is 8.98. The van der Waals surface area contributed by atoms with Gasteiger partial charge in [0.05, 0.1) is 11.4 Å². The molecule has 1 atom stereocenters. The Morgan fingerprint density at radius 1 is 0.696 bits per heavy atom. The molecule has 23 heavy (non-hydrogen) atoms. The van der Waals surface area contributed by atoms with Crippen molar-refractivity contribution in [2.24, 2.45) is 0 Å². The van der Waals surface area contributed by atoms with Crippen molar-refractivity contribution < 1.29 is 0 Å². The van der Waals surface area contributed by atoms with Crippen molar-refractivity contribution in [1.29, 1.82) is 0 Å². The Kier molecular flexibility index (Phi) is 3.84. The van der Waals surface area contributed by atoms with Gasteiger partial charge in [0.25, 0.3) is 0 Å². The maximum absolute atomic E-state index is 2.35. The minimum atomic E-state index is 0.235. The minimum Gasteiger partial charge on any atom is -0.378 e. The molecule has 0 spiro atoms. The summed E-state index contributed by atoms with van der Waals surface area (Å²) >= 11 is 0. The fraction of sp³-hybridized carbons (Fsp3) is 0.368. The van der Waals surface area contributed by atoms with Gasteiger partial charge < -0.3 is 19.6 Å². The third kappa shape index (κ3) is 2.58. The van der Waals surface area contributed by atoms with Crippen LogP contribution in [0.2, 0.25) is 0 Å². The lowest BCUT2D eigenvalue weighted by molar-refractivity contribution is 0.694. The van der Waals surface area contributed by atoms with Crippen LogP contribution in [0.5, 0.6) is 0 Å². The molecule has 4 heteroatoms. The van der Waals surface area contributed by atoms with Crippen LogP contribution in [0.3, 0.4) is 0 Å². The highest BCUT2D eigenvalue weighted by molar-refractivity contribution is 5.81. The van der Waals surface area contributed by atoms with Gasteiger partial charge in [0.2, 0.25) is 0 Å². The van der Waals surface area contributed by atoms with Crippen molar-refractivity contribution >= 4 is 22.7 Å². The molecule has 0 aliphatic carbocycles. The van der Waals surface area contributed by atoms with Crippen molar-refractivity contribution in [2.75, 3.05) is 61.9 Å².